The van der Waals surface area contributed by atoms with Crippen LogP contribution in [0.2, 0.25) is 0 Å². The summed E-state index contributed by atoms with van der Waals surface area (Å²) in [5, 5.41) is 16.1. The van der Waals surface area contributed by atoms with E-state index in [-0.39, 0.29) is 6.61 Å². The molecular formula is C14H34O6S. The van der Waals surface area contributed by atoms with Crippen molar-refractivity contribution in [2.24, 2.45) is 0 Å². The summed E-state index contributed by atoms with van der Waals surface area (Å²) < 4.78 is 31.6. The molecule has 0 unspecified atom stereocenters. The summed E-state index contributed by atoms with van der Waals surface area (Å²) >= 11 is 0. The highest BCUT2D eigenvalue weighted by Gasteiger charge is 1.91. The Hall–Kier alpha value is -0.210. The van der Waals surface area contributed by atoms with Gasteiger partial charge in [0.15, 0.2) is 0 Å². The third-order valence-corrected chi connectivity index (χ3v) is 2.51. The van der Waals surface area contributed by atoms with Crippen LogP contribution in [0.25, 0.3) is 0 Å². The molecule has 0 rings (SSSR count). The summed E-state index contributed by atoms with van der Waals surface area (Å²) in [6.07, 6.45) is 13.3. The first kappa shape index (κ1) is 25.7. The molecule has 0 heterocycles. The third-order valence-electron chi connectivity index (χ3n) is 2.51. The van der Waals surface area contributed by atoms with Crippen LogP contribution in [0.15, 0.2) is 0 Å². The minimum absolute atomic E-state index is 0.250. The van der Waals surface area contributed by atoms with Gasteiger partial charge in [0.05, 0.1) is 0 Å². The number of aliphatic hydroxyl groups excluding tert-OH is 2. The van der Waals surface area contributed by atoms with Crippen molar-refractivity contribution in [2.45, 2.75) is 78.1 Å². The van der Waals surface area contributed by atoms with Crippen molar-refractivity contribution in [3.63, 3.8) is 0 Å². The molecule has 0 aromatic carbocycles. The lowest BCUT2D eigenvalue weighted by Gasteiger charge is -2.00. The molecular weight excluding hydrogens is 296 g/mol. The summed E-state index contributed by atoms with van der Waals surface area (Å²) in [5.41, 5.74) is 0. The second-order valence-corrected chi connectivity index (χ2v) is 5.57. The monoisotopic (exact) mass is 330 g/mol. The number of rotatable bonds is 10. The van der Waals surface area contributed by atoms with E-state index in [1.54, 1.807) is 6.92 Å². The first-order chi connectivity index (χ1) is 9.83. The average molecular weight is 330 g/mol. The second kappa shape index (κ2) is 22.1. The molecule has 132 valence electrons. The molecule has 4 N–H and O–H groups in total. The van der Waals surface area contributed by atoms with Gasteiger partial charge >= 0.3 is 10.4 Å². The molecule has 0 radical (unpaired) electrons. The maximum Gasteiger partial charge on any atom is 0.394 e. The van der Waals surface area contributed by atoms with E-state index in [9.17, 15) is 0 Å². The van der Waals surface area contributed by atoms with Gasteiger partial charge in [-0.25, -0.2) is 0 Å². The average Bonchev–Trinajstić information content (AvgIpc) is 2.36. The summed E-state index contributed by atoms with van der Waals surface area (Å²) in [5.74, 6) is 0. The number of hydrogen-bond donors (Lipinski definition) is 4. The van der Waals surface area contributed by atoms with Crippen molar-refractivity contribution < 1.29 is 27.7 Å². The van der Waals surface area contributed by atoms with Crippen LogP contribution in [0.3, 0.4) is 0 Å². The second-order valence-electron chi connectivity index (χ2n) is 4.67. The van der Waals surface area contributed by atoms with Crippen molar-refractivity contribution in [1.29, 1.82) is 0 Å². The highest BCUT2D eigenvalue weighted by Crippen LogP contribution is 2.09. The van der Waals surface area contributed by atoms with Gasteiger partial charge in [-0.05, 0) is 13.3 Å². The normalized spacial score (nSPS) is 10.2. The van der Waals surface area contributed by atoms with E-state index in [0.717, 1.165) is 6.42 Å². The molecule has 7 heteroatoms. The Kier molecular flexibility index (Phi) is 27.0. The summed E-state index contributed by atoms with van der Waals surface area (Å²) in [4.78, 5) is 0. The summed E-state index contributed by atoms with van der Waals surface area (Å²) in [6.45, 7) is 4.56. The van der Waals surface area contributed by atoms with Gasteiger partial charge in [-0.1, -0.05) is 64.7 Å². The molecule has 0 aromatic rings. The fourth-order valence-corrected chi connectivity index (χ4v) is 1.60. The van der Waals surface area contributed by atoms with Crippen molar-refractivity contribution in [1.82, 2.24) is 0 Å². The van der Waals surface area contributed by atoms with Gasteiger partial charge in [-0.2, -0.15) is 8.42 Å². The Labute approximate surface area is 130 Å². The molecule has 0 aliphatic carbocycles. The zero-order chi connectivity index (χ0) is 17.0. The van der Waals surface area contributed by atoms with E-state index in [4.69, 9.17) is 27.7 Å². The lowest BCUT2D eigenvalue weighted by atomic mass is 10.1. The van der Waals surface area contributed by atoms with Crippen molar-refractivity contribution in [3.05, 3.63) is 0 Å². The molecule has 21 heavy (non-hydrogen) atoms. The van der Waals surface area contributed by atoms with Crippen LogP contribution >= 0.6 is 0 Å². The van der Waals surface area contributed by atoms with Crippen molar-refractivity contribution in [3.8, 4) is 0 Å². The van der Waals surface area contributed by atoms with Crippen LogP contribution in [0.1, 0.15) is 78.1 Å². The molecule has 0 aliphatic rings. The van der Waals surface area contributed by atoms with Gasteiger partial charge in [-0.3, -0.25) is 9.11 Å². The van der Waals surface area contributed by atoms with E-state index >= 15 is 0 Å². The minimum atomic E-state index is -4.67. The van der Waals surface area contributed by atoms with E-state index in [1.807, 2.05) is 0 Å². The highest BCUT2D eigenvalue weighted by molar-refractivity contribution is 7.79. The van der Waals surface area contributed by atoms with Gasteiger partial charge in [0.25, 0.3) is 0 Å². The van der Waals surface area contributed by atoms with Gasteiger partial charge < -0.3 is 10.2 Å². The molecule has 0 aromatic heterocycles. The molecule has 0 saturated heterocycles. The zero-order valence-corrected chi connectivity index (χ0v) is 14.3. The lowest BCUT2D eigenvalue weighted by Crippen LogP contribution is -1.89. The Balaban J connectivity index is -0.000000335. The van der Waals surface area contributed by atoms with Gasteiger partial charge in [-0.15, -0.1) is 0 Å². The van der Waals surface area contributed by atoms with E-state index < -0.39 is 10.4 Å². The Morgan fingerprint density at radius 2 is 0.905 bits per heavy atom. The number of hydrogen-bond acceptors (Lipinski definition) is 4. The van der Waals surface area contributed by atoms with E-state index in [1.165, 1.54) is 57.8 Å². The van der Waals surface area contributed by atoms with Crippen LogP contribution in [0.5, 0.6) is 0 Å². The summed E-state index contributed by atoms with van der Waals surface area (Å²) in [7, 11) is -4.67. The van der Waals surface area contributed by atoms with Crippen molar-refractivity contribution >= 4 is 10.4 Å². The first-order valence-corrected chi connectivity index (χ1v) is 9.14. The number of aliphatic hydroxyl groups is 2. The Morgan fingerprint density at radius 3 is 1.14 bits per heavy atom. The fraction of sp³-hybridized carbons (Fsp3) is 1.00. The van der Waals surface area contributed by atoms with E-state index in [0.29, 0.717) is 6.61 Å². The van der Waals surface area contributed by atoms with Crippen LogP contribution in [-0.2, 0) is 10.4 Å². The third kappa shape index (κ3) is 65.3. The zero-order valence-electron chi connectivity index (χ0n) is 13.5. The van der Waals surface area contributed by atoms with Crippen LogP contribution in [0.4, 0.5) is 0 Å². The largest absolute Gasteiger partial charge is 0.397 e. The standard InChI is InChI=1S/C12H26O.C2H6O.H2O4S/c1-2-3-4-5-6-7-8-9-10-11-12-13;1-2-3;1-5(2,3)4/h13H,2-12H2,1H3;3H,2H2,1H3;(H2,1,2,3,4). The van der Waals surface area contributed by atoms with Gasteiger partial charge in [0, 0.05) is 13.2 Å². The highest BCUT2D eigenvalue weighted by atomic mass is 32.3. The topological polar surface area (TPSA) is 115 Å². The van der Waals surface area contributed by atoms with Crippen molar-refractivity contribution in [2.75, 3.05) is 13.2 Å². The quantitative estimate of drug-likeness (QED) is 0.361. The van der Waals surface area contributed by atoms with Crippen LogP contribution in [-0.4, -0.2) is 41.0 Å². The Morgan fingerprint density at radius 1 is 0.667 bits per heavy atom. The SMILES string of the molecule is CCCCCCCCCCCCO.CCO.O=S(=O)(O)O. The molecule has 0 saturated carbocycles. The van der Waals surface area contributed by atoms with Crippen LogP contribution < -0.4 is 0 Å². The molecule has 0 fully saturated rings. The predicted molar refractivity (Wildman–Crippen MR) is 85.9 cm³/mol. The van der Waals surface area contributed by atoms with E-state index in [2.05, 4.69) is 6.92 Å². The predicted octanol–water partition coefficient (Wildman–Crippen LogP) is 3.25. The van der Waals surface area contributed by atoms with Crippen LogP contribution in [0, 0.1) is 0 Å². The molecule has 0 bridgehead atoms. The molecule has 0 spiro atoms. The first-order valence-electron chi connectivity index (χ1n) is 7.75. The van der Waals surface area contributed by atoms with Gasteiger partial charge in [0.2, 0.25) is 0 Å². The molecule has 6 nitrogen and oxygen atoms in total. The minimum Gasteiger partial charge on any atom is -0.397 e. The maximum atomic E-state index is 8.74. The maximum absolute atomic E-state index is 8.74. The van der Waals surface area contributed by atoms with Gasteiger partial charge in [0.1, 0.15) is 0 Å². The molecule has 0 aliphatic heterocycles. The fourth-order valence-electron chi connectivity index (χ4n) is 1.60. The molecule has 0 atom stereocenters. The summed E-state index contributed by atoms with van der Waals surface area (Å²) in [6, 6.07) is 0. The lowest BCUT2D eigenvalue weighted by molar-refractivity contribution is 0.282. The molecule has 0 amide bonds. The smallest absolute Gasteiger partial charge is 0.394 e. The Bertz CT molecular complexity index is 236. The number of unbranched alkanes of at least 4 members (excludes halogenated alkanes) is 9.